The van der Waals surface area contributed by atoms with Crippen molar-refractivity contribution in [1.29, 1.82) is 0 Å². The van der Waals surface area contributed by atoms with Gasteiger partial charge >= 0.3 is 184 Å². The molecule has 0 fully saturated rings. The van der Waals surface area contributed by atoms with Crippen molar-refractivity contribution >= 4 is 35.3 Å². The average Bonchev–Trinajstić information content (AvgIpc) is 2.81. The second-order valence-electron chi connectivity index (χ2n) is 7.46. The predicted molar refractivity (Wildman–Crippen MR) is 127 cm³/mol. The van der Waals surface area contributed by atoms with E-state index in [4.69, 9.17) is 9.26 Å². The maximum absolute atomic E-state index is 12.9. The van der Waals surface area contributed by atoms with E-state index in [0.29, 0.717) is 6.42 Å². The van der Waals surface area contributed by atoms with Crippen LogP contribution in [0.5, 0.6) is 0 Å². The van der Waals surface area contributed by atoms with E-state index in [0.717, 1.165) is 22.5 Å². The molecule has 0 amide bonds. The molecule has 0 heterocycles. The van der Waals surface area contributed by atoms with E-state index in [1.54, 1.807) is 0 Å². The summed E-state index contributed by atoms with van der Waals surface area (Å²) < 4.78 is 11.3. The van der Waals surface area contributed by atoms with Crippen molar-refractivity contribution < 1.29 is 18.8 Å². The molecule has 0 N–H and O–H groups in total. The van der Waals surface area contributed by atoms with Gasteiger partial charge in [-0.1, -0.05) is 0 Å². The fourth-order valence-corrected chi connectivity index (χ4v) is 7.18. The van der Waals surface area contributed by atoms with Crippen molar-refractivity contribution in [3.8, 4) is 0 Å². The van der Waals surface area contributed by atoms with Crippen LogP contribution >= 0.6 is 7.49 Å². The van der Waals surface area contributed by atoms with Crippen molar-refractivity contribution in [2.75, 3.05) is 27.2 Å². The zero-order valence-electron chi connectivity index (χ0n) is 17.9. The van der Waals surface area contributed by atoms with Crippen LogP contribution in [0.3, 0.4) is 0 Å². The topological polar surface area (TPSA) is 55.8 Å². The summed E-state index contributed by atoms with van der Waals surface area (Å²) in [5.74, 6) is -1.92. The summed E-state index contributed by atoms with van der Waals surface area (Å²) in [5, 5.41) is 2.63. The van der Waals surface area contributed by atoms with Crippen LogP contribution in [0.4, 0.5) is 0 Å². The van der Waals surface area contributed by atoms with Gasteiger partial charge in [-0.25, -0.2) is 0 Å². The summed E-state index contributed by atoms with van der Waals surface area (Å²) >= 11 is 0. The van der Waals surface area contributed by atoms with E-state index < -0.39 is 19.4 Å². The first kappa shape index (κ1) is 22.7. The molecule has 5 nitrogen and oxygen atoms in total. The Morgan fingerprint density at radius 3 is 1.52 bits per heavy atom. The Hall–Kier alpha value is -3.01. The van der Waals surface area contributed by atoms with Crippen LogP contribution < -0.4 is 15.9 Å². The zero-order valence-corrected chi connectivity index (χ0v) is 18.9. The van der Waals surface area contributed by atoms with Crippen molar-refractivity contribution in [3.05, 3.63) is 91.0 Å². The average molecular weight is 437 g/mol. The maximum atomic E-state index is 12.9. The molecule has 0 bridgehead atoms. The van der Waals surface area contributed by atoms with Crippen LogP contribution in [-0.4, -0.2) is 44.1 Å². The number of carbonyl (C=O) groups excluding carboxylic acids is 2. The quantitative estimate of drug-likeness (QED) is 0.235. The first-order valence-electron chi connectivity index (χ1n) is 10.3. The molecular formula is C25H28NO4P. The number of rotatable bonds is 8. The molecule has 6 heteroatoms. The van der Waals surface area contributed by atoms with E-state index in [9.17, 15) is 9.59 Å². The molecule has 0 saturated heterocycles. The van der Waals surface area contributed by atoms with Gasteiger partial charge in [0.2, 0.25) is 0 Å². The fourth-order valence-electron chi connectivity index (χ4n) is 3.48. The minimum atomic E-state index is -3.27. The van der Waals surface area contributed by atoms with Crippen LogP contribution in [0, 0.1) is 0 Å². The molecule has 0 aromatic heterocycles. The van der Waals surface area contributed by atoms with Crippen molar-refractivity contribution in [3.63, 3.8) is 0 Å². The molecule has 3 aromatic carbocycles. The van der Waals surface area contributed by atoms with E-state index in [2.05, 4.69) is 0 Å². The van der Waals surface area contributed by atoms with E-state index in [1.165, 1.54) is 0 Å². The second-order valence-corrected chi connectivity index (χ2v) is 10.8. The molecule has 0 aliphatic heterocycles. The van der Waals surface area contributed by atoms with Crippen LogP contribution in [0.2, 0.25) is 0 Å². The second kappa shape index (κ2) is 10.9. The third kappa shape index (κ3) is 5.57. The third-order valence-corrected chi connectivity index (χ3v) is 8.87. The number of nitrogens with zero attached hydrogens (tertiary/aromatic N) is 1. The van der Waals surface area contributed by atoms with Gasteiger partial charge in [-0.3, -0.25) is 0 Å². The standard InChI is InChI=1S/C25H28NO4P/c1-26(2)19-12-20-29-24(27)25(28)30-31(21-13-6-3-7-14-21,22-15-8-4-9-16-22)23-17-10-5-11-18-23/h3-11,13-18,31H,12,19-20H2,1-2H3. The van der Waals surface area contributed by atoms with Gasteiger partial charge in [0.1, 0.15) is 0 Å². The molecule has 3 aromatic rings. The van der Waals surface area contributed by atoms with Gasteiger partial charge in [-0.05, 0) is 0 Å². The Morgan fingerprint density at radius 1 is 0.710 bits per heavy atom. The van der Waals surface area contributed by atoms with E-state index in [1.807, 2.05) is 110 Å². The Kier molecular flexibility index (Phi) is 7.94. The van der Waals surface area contributed by atoms with Crippen LogP contribution in [0.25, 0.3) is 0 Å². The summed E-state index contributed by atoms with van der Waals surface area (Å²) in [6.07, 6.45) is 0.643. The molecule has 0 radical (unpaired) electrons. The molecule has 0 saturated carbocycles. The first-order chi connectivity index (χ1) is 15.0. The van der Waals surface area contributed by atoms with Crippen LogP contribution in [0.15, 0.2) is 91.0 Å². The van der Waals surface area contributed by atoms with Crippen molar-refractivity contribution in [1.82, 2.24) is 4.90 Å². The summed E-state index contributed by atoms with van der Waals surface area (Å²) in [5.41, 5.74) is 0. The number of hydrogen-bond acceptors (Lipinski definition) is 5. The Labute approximate surface area is 184 Å². The normalized spacial score (nSPS) is 11.7. The Bertz CT molecular complexity index is 882. The van der Waals surface area contributed by atoms with Crippen molar-refractivity contribution in [2.24, 2.45) is 0 Å². The summed E-state index contributed by atoms with van der Waals surface area (Å²) in [4.78, 5) is 27.4. The van der Waals surface area contributed by atoms with Gasteiger partial charge in [0, 0.05) is 0 Å². The zero-order chi connectivity index (χ0) is 22.1. The molecule has 162 valence electrons. The van der Waals surface area contributed by atoms with Crippen molar-refractivity contribution in [2.45, 2.75) is 6.42 Å². The Morgan fingerprint density at radius 2 is 1.13 bits per heavy atom. The molecule has 31 heavy (non-hydrogen) atoms. The van der Waals surface area contributed by atoms with E-state index in [-0.39, 0.29) is 6.61 Å². The predicted octanol–water partition coefficient (Wildman–Crippen LogP) is 2.67. The number of carbonyl (C=O) groups is 2. The molecule has 0 spiro atoms. The summed E-state index contributed by atoms with van der Waals surface area (Å²) in [7, 11) is 0.607. The first-order valence-corrected chi connectivity index (χ1v) is 12.2. The fraction of sp³-hybridized carbons (Fsp3) is 0.200. The minimum absolute atomic E-state index is 0.169. The van der Waals surface area contributed by atoms with Gasteiger partial charge in [-0.2, -0.15) is 0 Å². The summed E-state index contributed by atoms with van der Waals surface area (Å²) in [6, 6.07) is 28.9. The number of esters is 1. The summed E-state index contributed by atoms with van der Waals surface area (Å²) in [6.45, 7) is 0.932. The third-order valence-electron chi connectivity index (χ3n) is 4.94. The molecule has 0 unspecified atom stereocenters. The molecule has 0 atom stereocenters. The Balaban J connectivity index is 1.98. The monoisotopic (exact) mass is 437 g/mol. The van der Waals surface area contributed by atoms with Gasteiger partial charge in [0.25, 0.3) is 0 Å². The van der Waals surface area contributed by atoms with Gasteiger partial charge in [0.05, 0.1) is 0 Å². The molecule has 3 rings (SSSR count). The number of hydrogen-bond donors (Lipinski definition) is 0. The van der Waals surface area contributed by atoms with Crippen LogP contribution in [-0.2, 0) is 18.8 Å². The van der Waals surface area contributed by atoms with Gasteiger partial charge in [0.15, 0.2) is 0 Å². The van der Waals surface area contributed by atoms with E-state index >= 15 is 0 Å². The molecule has 0 aliphatic rings. The SMILES string of the molecule is CN(C)CCCOC(=O)C(=O)O[PH](c1ccccc1)(c1ccccc1)c1ccccc1. The van der Waals surface area contributed by atoms with Crippen LogP contribution in [0.1, 0.15) is 6.42 Å². The molecule has 0 aliphatic carbocycles. The van der Waals surface area contributed by atoms with Gasteiger partial charge < -0.3 is 0 Å². The number of ether oxygens (including phenoxy) is 1. The molecular weight excluding hydrogens is 409 g/mol. The van der Waals surface area contributed by atoms with Gasteiger partial charge in [-0.15, -0.1) is 0 Å². The number of benzene rings is 3.